The molecule has 0 saturated carbocycles. The molecule has 0 radical (unpaired) electrons. The SMILES string of the molecule is CCNC(=O)c1ccc(-n2nnc(C(=O)NC(=O)C(N)Cc3ccccc3)c2CSC)cc1. The zero-order valence-electron chi connectivity index (χ0n) is 18.4. The highest BCUT2D eigenvalue weighted by atomic mass is 32.2. The number of nitrogens with zero attached hydrogens (tertiary/aromatic N) is 3. The molecular formula is C23H26N6O3S. The van der Waals surface area contributed by atoms with Crippen molar-refractivity contribution in [2.45, 2.75) is 25.1 Å². The van der Waals surface area contributed by atoms with Crippen LogP contribution in [0.1, 0.15) is 39.0 Å². The van der Waals surface area contributed by atoms with Crippen LogP contribution in [-0.4, -0.2) is 51.6 Å². The number of thioether (sulfide) groups is 1. The molecule has 0 aliphatic heterocycles. The van der Waals surface area contributed by atoms with Crippen LogP contribution in [0.3, 0.4) is 0 Å². The Morgan fingerprint density at radius 2 is 1.76 bits per heavy atom. The van der Waals surface area contributed by atoms with E-state index in [1.165, 1.54) is 16.4 Å². The van der Waals surface area contributed by atoms with Crippen LogP contribution >= 0.6 is 11.8 Å². The van der Waals surface area contributed by atoms with Gasteiger partial charge in [0.05, 0.1) is 17.4 Å². The number of nitrogens with one attached hydrogen (secondary N) is 2. The first-order valence-corrected chi connectivity index (χ1v) is 11.8. The monoisotopic (exact) mass is 466 g/mol. The molecule has 33 heavy (non-hydrogen) atoms. The second-order valence-corrected chi connectivity index (χ2v) is 8.12. The molecule has 10 heteroatoms. The van der Waals surface area contributed by atoms with E-state index in [9.17, 15) is 14.4 Å². The maximum atomic E-state index is 12.8. The van der Waals surface area contributed by atoms with Crippen LogP contribution in [-0.2, 0) is 17.0 Å². The predicted molar refractivity (Wildman–Crippen MR) is 127 cm³/mol. The fourth-order valence-electron chi connectivity index (χ4n) is 3.19. The molecule has 0 spiro atoms. The van der Waals surface area contributed by atoms with E-state index in [2.05, 4.69) is 20.9 Å². The molecule has 0 aliphatic rings. The van der Waals surface area contributed by atoms with Crippen molar-refractivity contribution in [3.05, 3.63) is 77.1 Å². The normalized spacial score (nSPS) is 11.6. The Bertz CT molecular complexity index is 1110. The third-order valence-corrected chi connectivity index (χ3v) is 5.40. The van der Waals surface area contributed by atoms with Gasteiger partial charge in [0.1, 0.15) is 0 Å². The van der Waals surface area contributed by atoms with Crippen molar-refractivity contribution in [2.75, 3.05) is 12.8 Å². The number of carbonyl (C=O) groups excluding carboxylic acids is 3. The van der Waals surface area contributed by atoms with E-state index in [-0.39, 0.29) is 11.6 Å². The van der Waals surface area contributed by atoms with Crippen molar-refractivity contribution in [2.24, 2.45) is 5.73 Å². The largest absolute Gasteiger partial charge is 0.352 e. The van der Waals surface area contributed by atoms with Crippen LogP contribution < -0.4 is 16.4 Å². The molecule has 3 amide bonds. The van der Waals surface area contributed by atoms with Gasteiger partial charge in [-0.25, -0.2) is 4.68 Å². The summed E-state index contributed by atoms with van der Waals surface area (Å²) in [5.41, 5.74) is 8.64. The Balaban J connectivity index is 1.76. The molecule has 2 aromatic carbocycles. The van der Waals surface area contributed by atoms with Crippen molar-refractivity contribution in [1.82, 2.24) is 25.6 Å². The second kappa shape index (κ2) is 11.4. The average molecular weight is 467 g/mol. The zero-order valence-corrected chi connectivity index (χ0v) is 19.3. The Morgan fingerprint density at radius 3 is 2.39 bits per heavy atom. The van der Waals surface area contributed by atoms with Gasteiger partial charge in [0.2, 0.25) is 5.91 Å². The lowest BCUT2D eigenvalue weighted by Gasteiger charge is -2.12. The number of amides is 3. The highest BCUT2D eigenvalue weighted by Crippen LogP contribution is 2.18. The summed E-state index contributed by atoms with van der Waals surface area (Å²) in [5, 5.41) is 13.2. The van der Waals surface area contributed by atoms with Crippen molar-refractivity contribution in [3.8, 4) is 5.69 Å². The quantitative estimate of drug-likeness (QED) is 0.437. The smallest absolute Gasteiger partial charge is 0.280 e. The van der Waals surface area contributed by atoms with Gasteiger partial charge < -0.3 is 11.1 Å². The molecule has 1 atom stereocenters. The van der Waals surface area contributed by atoms with Gasteiger partial charge in [0, 0.05) is 17.9 Å². The number of benzene rings is 2. The summed E-state index contributed by atoms with van der Waals surface area (Å²) in [6.07, 6.45) is 2.19. The second-order valence-electron chi connectivity index (χ2n) is 7.25. The molecule has 1 heterocycles. The van der Waals surface area contributed by atoms with Gasteiger partial charge in [-0.15, -0.1) is 5.10 Å². The number of hydrogen-bond donors (Lipinski definition) is 3. The van der Waals surface area contributed by atoms with Crippen LogP contribution in [0.15, 0.2) is 54.6 Å². The maximum absolute atomic E-state index is 12.8. The Morgan fingerprint density at radius 1 is 1.06 bits per heavy atom. The van der Waals surface area contributed by atoms with E-state index in [0.717, 1.165) is 5.56 Å². The lowest BCUT2D eigenvalue weighted by molar-refractivity contribution is -0.121. The van der Waals surface area contributed by atoms with E-state index < -0.39 is 17.9 Å². The van der Waals surface area contributed by atoms with Crippen LogP contribution in [0.4, 0.5) is 0 Å². The summed E-state index contributed by atoms with van der Waals surface area (Å²) >= 11 is 1.49. The molecule has 9 nitrogen and oxygen atoms in total. The third-order valence-electron chi connectivity index (χ3n) is 4.84. The number of carbonyl (C=O) groups is 3. The van der Waals surface area contributed by atoms with Crippen LogP contribution in [0, 0.1) is 0 Å². The van der Waals surface area contributed by atoms with Crippen LogP contribution in [0.25, 0.3) is 5.69 Å². The number of imide groups is 1. The molecule has 1 unspecified atom stereocenters. The molecule has 3 aromatic rings. The first-order valence-electron chi connectivity index (χ1n) is 10.4. The number of hydrogen-bond acceptors (Lipinski definition) is 7. The summed E-state index contributed by atoms with van der Waals surface area (Å²) in [4.78, 5) is 37.3. The first-order chi connectivity index (χ1) is 15.9. The molecule has 172 valence electrons. The number of aromatic nitrogens is 3. The third kappa shape index (κ3) is 6.05. The van der Waals surface area contributed by atoms with Gasteiger partial charge in [0.15, 0.2) is 5.69 Å². The standard InChI is InChI=1S/C23H26N6O3S/c1-3-25-21(30)16-9-11-17(12-10-16)29-19(14-33-2)20(27-28-29)23(32)26-22(31)18(24)13-15-7-5-4-6-8-15/h4-12,18H,3,13-14,24H2,1-2H3,(H,25,30)(H,26,31,32). The number of nitrogens with two attached hydrogens (primary N) is 1. The van der Waals surface area contributed by atoms with E-state index in [0.29, 0.717) is 35.7 Å². The van der Waals surface area contributed by atoms with Crippen molar-refractivity contribution in [1.29, 1.82) is 0 Å². The molecule has 0 bridgehead atoms. The van der Waals surface area contributed by atoms with Gasteiger partial charge in [-0.3, -0.25) is 19.7 Å². The summed E-state index contributed by atoms with van der Waals surface area (Å²) in [5.74, 6) is -0.965. The van der Waals surface area contributed by atoms with Crippen LogP contribution in [0.2, 0.25) is 0 Å². The lowest BCUT2D eigenvalue weighted by atomic mass is 10.1. The minimum Gasteiger partial charge on any atom is -0.352 e. The maximum Gasteiger partial charge on any atom is 0.280 e. The minimum absolute atomic E-state index is 0.0532. The Kier molecular flexibility index (Phi) is 8.34. The van der Waals surface area contributed by atoms with Crippen molar-refractivity contribution >= 4 is 29.5 Å². The first kappa shape index (κ1) is 24.1. The fraction of sp³-hybridized carbons (Fsp3) is 0.261. The molecule has 0 fully saturated rings. The van der Waals surface area contributed by atoms with Gasteiger partial charge in [0.25, 0.3) is 11.8 Å². The minimum atomic E-state index is -0.878. The average Bonchev–Trinajstić information content (AvgIpc) is 3.24. The highest BCUT2D eigenvalue weighted by Gasteiger charge is 2.24. The Labute approximate surface area is 196 Å². The number of rotatable bonds is 9. The van der Waals surface area contributed by atoms with E-state index in [4.69, 9.17) is 5.73 Å². The van der Waals surface area contributed by atoms with Gasteiger partial charge >= 0.3 is 0 Å². The molecule has 4 N–H and O–H groups in total. The fourth-order valence-corrected chi connectivity index (χ4v) is 3.73. The van der Waals surface area contributed by atoms with E-state index >= 15 is 0 Å². The molecular weight excluding hydrogens is 440 g/mol. The van der Waals surface area contributed by atoms with Gasteiger partial charge in [-0.1, -0.05) is 35.5 Å². The summed E-state index contributed by atoms with van der Waals surface area (Å²) in [6.45, 7) is 2.38. The van der Waals surface area contributed by atoms with Crippen molar-refractivity contribution in [3.63, 3.8) is 0 Å². The highest BCUT2D eigenvalue weighted by molar-refractivity contribution is 7.97. The summed E-state index contributed by atoms with van der Waals surface area (Å²) in [6, 6.07) is 15.3. The predicted octanol–water partition coefficient (Wildman–Crippen LogP) is 1.71. The van der Waals surface area contributed by atoms with E-state index in [1.807, 2.05) is 43.5 Å². The topological polar surface area (TPSA) is 132 Å². The molecule has 1 aromatic heterocycles. The van der Waals surface area contributed by atoms with E-state index in [1.54, 1.807) is 24.3 Å². The van der Waals surface area contributed by atoms with Crippen molar-refractivity contribution < 1.29 is 14.4 Å². The molecule has 0 aliphatic carbocycles. The van der Waals surface area contributed by atoms with Gasteiger partial charge in [-0.2, -0.15) is 11.8 Å². The van der Waals surface area contributed by atoms with Gasteiger partial charge in [-0.05, 0) is 49.4 Å². The lowest BCUT2D eigenvalue weighted by Crippen LogP contribution is -2.44. The zero-order chi connectivity index (χ0) is 23.8. The molecule has 3 rings (SSSR count). The van der Waals surface area contributed by atoms with Crippen LogP contribution in [0.5, 0.6) is 0 Å². The Hall–Kier alpha value is -3.50. The molecule has 0 saturated heterocycles. The summed E-state index contributed by atoms with van der Waals surface area (Å²) in [7, 11) is 0. The summed E-state index contributed by atoms with van der Waals surface area (Å²) < 4.78 is 1.53.